The molecule has 0 radical (unpaired) electrons. The van der Waals surface area contributed by atoms with Crippen molar-refractivity contribution in [2.24, 2.45) is 0 Å². The van der Waals surface area contributed by atoms with Crippen LogP contribution in [-0.4, -0.2) is 32.2 Å². The quantitative estimate of drug-likeness (QED) is 0.358. The van der Waals surface area contributed by atoms with Crippen LogP contribution < -0.4 is 5.56 Å². The lowest BCUT2D eigenvalue weighted by Gasteiger charge is -2.16. The van der Waals surface area contributed by atoms with Gasteiger partial charge in [-0.1, -0.05) is 17.8 Å². The summed E-state index contributed by atoms with van der Waals surface area (Å²) in [5.41, 5.74) is 1.79. The number of ether oxygens (including phenoxy) is 1. The predicted molar refractivity (Wildman–Crippen MR) is 114 cm³/mol. The van der Waals surface area contributed by atoms with Crippen molar-refractivity contribution in [3.8, 4) is 0 Å². The lowest BCUT2D eigenvalue weighted by molar-refractivity contribution is 0.0937. The largest absolute Gasteiger partial charge is 0.376 e. The number of aromatic nitrogens is 4. The van der Waals surface area contributed by atoms with Crippen molar-refractivity contribution in [1.82, 2.24) is 19.5 Å². The van der Waals surface area contributed by atoms with Crippen molar-refractivity contribution in [2.75, 3.05) is 6.61 Å². The van der Waals surface area contributed by atoms with Crippen LogP contribution in [0.1, 0.15) is 18.4 Å². The normalized spacial score (nSPS) is 16.5. The van der Waals surface area contributed by atoms with Gasteiger partial charge in [-0.2, -0.15) is 0 Å². The molecule has 0 saturated carbocycles. The average molecular weight is 422 g/mol. The van der Waals surface area contributed by atoms with Crippen LogP contribution in [0.3, 0.4) is 0 Å². The van der Waals surface area contributed by atoms with Crippen LogP contribution in [0.5, 0.6) is 0 Å². The molecule has 5 rings (SSSR count). The Morgan fingerprint density at radius 3 is 2.93 bits per heavy atom. The first-order valence-corrected chi connectivity index (χ1v) is 10.8. The van der Waals surface area contributed by atoms with Crippen molar-refractivity contribution in [2.45, 2.75) is 36.4 Å². The van der Waals surface area contributed by atoms with Crippen molar-refractivity contribution < 1.29 is 9.13 Å². The molecule has 3 aromatic heterocycles. The van der Waals surface area contributed by atoms with Crippen LogP contribution in [0.2, 0.25) is 0 Å². The van der Waals surface area contributed by atoms with Gasteiger partial charge < -0.3 is 4.74 Å². The topological polar surface area (TPSA) is 69.9 Å². The highest BCUT2D eigenvalue weighted by Crippen LogP contribution is 2.27. The Balaban J connectivity index is 1.54. The molecule has 0 spiro atoms. The summed E-state index contributed by atoms with van der Waals surface area (Å²) in [5, 5.41) is 1.78. The Kier molecular flexibility index (Phi) is 5.18. The lowest BCUT2D eigenvalue weighted by atomic mass is 10.1. The fourth-order valence-electron chi connectivity index (χ4n) is 3.78. The molecule has 8 heteroatoms. The van der Waals surface area contributed by atoms with E-state index >= 15 is 0 Å². The van der Waals surface area contributed by atoms with Crippen LogP contribution in [0.4, 0.5) is 4.39 Å². The molecule has 152 valence electrons. The molecule has 4 heterocycles. The van der Waals surface area contributed by atoms with E-state index < -0.39 is 0 Å². The summed E-state index contributed by atoms with van der Waals surface area (Å²) in [6.07, 6.45) is 5.22. The number of rotatable bonds is 5. The van der Waals surface area contributed by atoms with Gasteiger partial charge >= 0.3 is 0 Å². The molecule has 0 aliphatic carbocycles. The second kappa shape index (κ2) is 8.12. The molecule has 1 fully saturated rings. The zero-order valence-electron chi connectivity index (χ0n) is 16.1. The average Bonchev–Trinajstić information content (AvgIpc) is 3.27. The van der Waals surface area contributed by atoms with Crippen LogP contribution in [0.25, 0.3) is 21.9 Å². The van der Waals surface area contributed by atoms with Gasteiger partial charge in [0.2, 0.25) is 0 Å². The summed E-state index contributed by atoms with van der Waals surface area (Å²) < 4.78 is 21.5. The molecular formula is C22H19FN4O2S. The fraction of sp³-hybridized carbons (Fsp3) is 0.273. The molecule has 0 bridgehead atoms. The van der Waals surface area contributed by atoms with E-state index in [0.717, 1.165) is 29.3 Å². The molecule has 1 aliphatic rings. The Labute approximate surface area is 176 Å². The van der Waals surface area contributed by atoms with E-state index in [9.17, 15) is 9.18 Å². The number of pyridine rings is 2. The van der Waals surface area contributed by atoms with E-state index in [-0.39, 0.29) is 17.5 Å². The minimum atomic E-state index is -0.309. The third-order valence-corrected chi connectivity index (χ3v) is 6.24. The molecule has 1 saturated heterocycles. The maximum absolute atomic E-state index is 14.1. The van der Waals surface area contributed by atoms with Gasteiger partial charge in [-0.05, 0) is 48.7 Å². The highest BCUT2D eigenvalue weighted by Gasteiger charge is 2.21. The number of halogens is 1. The third kappa shape index (κ3) is 3.68. The second-order valence-corrected chi connectivity index (χ2v) is 8.19. The minimum absolute atomic E-state index is 0.00496. The van der Waals surface area contributed by atoms with Crippen LogP contribution in [0.15, 0.2) is 58.7 Å². The first-order chi connectivity index (χ1) is 14.7. The van der Waals surface area contributed by atoms with E-state index in [1.807, 2.05) is 6.07 Å². The fourth-order valence-corrected chi connectivity index (χ4v) is 4.75. The third-order valence-electron chi connectivity index (χ3n) is 5.21. The first-order valence-electron chi connectivity index (χ1n) is 9.82. The predicted octanol–water partition coefficient (Wildman–Crippen LogP) is 3.95. The first kappa shape index (κ1) is 19.1. The number of benzene rings is 1. The molecule has 0 N–H and O–H groups in total. The maximum Gasteiger partial charge on any atom is 0.263 e. The summed E-state index contributed by atoms with van der Waals surface area (Å²) >= 11 is 1.39. The van der Waals surface area contributed by atoms with Crippen molar-refractivity contribution in [3.63, 3.8) is 0 Å². The number of fused-ring (bicyclic) bond motifs is 2. The van der Waals surface area contributed by atoms with Gasteiger partial charge in [0.15, 0.2) is 10.8 Å². The number of hydrogen-bond acceptors (Lipinski definition) is 6. The molecule has 1 aromatic carbocycles. The maximum atomic E-state index is 14.1. The van der Waals surface area contributed by atoms with Gasteiger partial charge in [-0.25, -0.2) is 14.4 Å². The number of hydrogen-bond donors (Lipinski definition) is 0. The van der Waals surface area contributed by atoms with E-state index in [4.69, 9.17) is 4.74 Å². The molecule has 6 nitrogen and oxygen atoms in total. The zero-order valence-corrected chi connectivity index (χ0v) is 16.9. The van der Waals surface area contributed by atoms with Crippen LogP contribution in [0, 0.1) is 5.82 Å². The van der Waals surface area contributed by atoms with Gasteiger partial charge in [-0.3, -0.25) is 14.3 Å². The van der Waals surface area contributed by atoms with E-state index in [0.29, 0.717) is 35.1 Å². The summed E-state index contributed by atoms with van der Waals surface area (Å²) in [5.74, 6) is 0.123. The summed E-state index contributed by atoms with van der Waals surface area (Å²) in [7, 11) is 0. The van der Waals surface area contributed by atoms with Crippen LogP contribution >= 0.6 is 11.8 Å². The molecular weight excluding hydrogens is 403 g/mol. The van der Waals surface area contributed by atoms with Crippen molar-refractivity contribution in [3.05, 3.63) is 70.5 Å². The second-order valence-electron chi connectivity index (χ2n) is 7.25. The molecule has 4 aromatic rings. The Morgan fingerprint density at radius 2 is 2.07 bits per heavy atom. The minimum Gasteiger partial charge on any atom is -0.376 e. The molecule has 0 amide bonds. The summed E-state index contributed by atoms with van der Waals surface area (Å²) in [6.45, 7) is 1.16. The number of thioether (sulfide) groups is 1. The monoisotopic (exact) mass is 422 g/mol. The van der Waals surface area contributed by atoms with Gasteiger partial charge in [-0.15, -0.1) is 0 Å². The SMILES string of the molecule is O=c1c2cccnc2nc(SCc2cc(F)cc3cccnc23)n1CC1CCCO1. The highest BCUT2D eigenvalue weighted by atomic mass is 32.2. The number of nitrogens with zero attached hydrogens (tertiary/aromatic N) is 4. The smallest absolute Gasteiger partial charge is 0.263 e. The van der Waals surface area contributed by atoms with Gasteiger partial charge in [0.1, 0.15) is 5.82 Å². The Bertz CT molecular complexity index is 1290. The molecule has 1 atom stereocenters. The lowest BCUT2D eigenvalue weighted by Crippen LogP contribution is -2.29. The van der Waals surface area contributed by atoms with E-state index in [1.165, 1.54) is 23.9 Å². The summed E-state index contributed by atoms with van der Waals surface area (Å²) in [6, 6.07) is 10.1. The van der Waals surface area contributed by atoms with E-state index in [2.05, 4.69) is 15.0 Å². The summed E-state index contributed by atoms with van der Waals surface area (Å²) in [4.78, 5) is 26.5. The van der Waals surface area contributed by atoms with Crippen LogP contribution in [-0.2, 0) is 17.0 Å². The molecule has 30 heavy (non-hydrogen) atoms. The Morgan fingerprint density at radius 1 is 1.20 bits per heavy atom. The van der Waals surface area contributed by atoms with Crippen molar-refractivity contribution in [1.29, 1.82) is 0 Å². The standard InChI is InChI=1S/C22H19FN4O2S/c23-16-10-14-4-1-7-24-19(14)15(11-16)13-30-22-26-20-18(6-2-8-25-20)21(28)27(22)12-17-5-3-9-29-17/h1-2,4,6-8,10-11,17H,3,5,9,12-13H2. The highest BCUT2D eigenvalue weighted by molar-refractivity contribution is 7.98. The Hall–Kier alpha value is -2.84. The molecule has 1 aliphatic heterocycles. The zero-order chi connectivity index (χ0) is 20.5. The van der Waals surface area contributed by atoms with Gasteiger partial charge in [0, 0.05) is 30.1 Å². The molecule has 1 unspecified atom stereocenters. The van der Waals surface area contributed by atoms with Gasteiger partial charge in [0.25, 0.3) is 5.56 Å². The van der Waals surface area contributed by atoms with Crippen molar-refractivity contribution >= 4 is 33.7 Å². The van der Waals surface area contributed by atoms with E-state index in [1.54, 1.807) is 35.2 Å². The van der Waals surface area contributed by atoms with Gasteiger partial charge in [0.05, 0.1) is 23.6 Å².